The lowest BCUT2D eigenvalue weighted by atomic mass is 10.1. The molecule has 1 amide bonds. The summed E-state index contributed by atoms with van der Waals surface area (Å²) in [4.78, 5) is 37.5. The fraction of sp³-hybridized carbons (Fsp3) is 0.160. The minimum Gasteiger partial charge on any atom is -0.447 e. The molecule has 5 nitrogen and oxygen atoms in total. The van der Waals surface area contributed by atoms with Crippen molar-refractivity contribution in [3.63, 3.8) is 0 Å². The molecule has 0 aliphatic rings. The van der Waals surface area contributed by atoms with Crippen LogP contribution in [0.4, 0.5) is 5.69 Å². The maximum atomic E-state index is 12.8. The van der Waals surface area contributed by atoms with Gasteiger partial charge in [0.1, 0.15) is 0 Å². The third kappa shape index (κ3) is 5.88. The number of hydrogen-bond donors (Lipinski definition) is 1. The van der Waals surface area contributed by atoms with Crippen LogP contribution in [0.5, 0.6) is 0 Å². The quantitative estimate of drug-likeness (QED) is 0.431. The lowest BCUT2D eigenvalue weighted by Crippen LogP contribution is -2.26. The summed E-state index contributed by atoms with van der Waals surface area (Å²) in [5.74, 6) is -1.20. The number of carbonyl (C=O) groups is 3. The fourth-order valence-electron chi connectivity index (χ4n) is 2.92. The Hall–Kier alpha value is -3.73. The summed E-state index contributed by atoms with van der Waals surface area (Å²) in [6.45, 7) is 1.96. The van der Waals surface area contributed by atoms with E-state index in [1.54, 1.807) is 60.7 Å². The second-order valence-electron chi connectivity index (χ2n) is 6.93. The van der Waals surface area contributed by atoms with Gasteiger partial charge in [0, 0.05) is 23.2 Å². The van der Waals surface area contributed by atoms with Crippen LogP contribution in [0.3, 0.4) is 0 Å². The molecule has 0 unspecified atom stereocenters. The topological polar surface area (TPSA) is 72.5 Å². The molecule has 0 heterocycles. The van der Waals surface area contributed by atoms with Gasteiger partial charge in [-0.1, -0.05) is 78.4 Å². The van der Waals surface area contributed by atoms with Gasteiger partial charge in [-0.2, -0.15) is 0 Å². The van der Waals surface area contributed by atoms with E-state index >= 15 is 0 Å². The van der Waals surface area contributed by atoms with Gasteiger partial charge >= 0.3 is 5.97 Å². The van der Waals surface area contributed by atoms with Gasteiger partial charge in [-0.15, -0.1) is 0 Å². The molecule has 0 spiro atoms. The first-order chi connectivity index (χ1) is 14.5. The molecule has 3 rings (SSSR count). The lowest BCUT2D eigenvalue weighted by molar-refractivity contribution is -0.154. The molecule has 0 aromatic heterocycles. The number of carbonyl (C=O) groups excluding carboxylic acids is 3. The van der Waals surface area contributed by atoms with Gasteiger partial charge in [0.15, 0.2) is 5.78 Å². The highest BCUT2D eigenvalue weighted by molar-refractivity contribution is 5.98. The molecular weight excluding hydrogens is 378 g/mol. The summed E-state index contributed by atoms with van der Waals surface area (Å²) in [6.07, 6.45) is -1.19. The molecule has 0 saturated carbocycles. The Labute approximate surface area is 175 Å². The molecule has 0 aliphatic heterocycles. The summed E-state index contributed by atoms with van der Waals surface area (Å²) in [6, 6.07) is 24.9. The van der Waals surface area contributed by atoms with E-state index in [2.05, 4.69) is 5.32 Å². The molecule has 0 saturated heterocycles. The lowest BCUT2D eigenvalue weighted by Gasteiger charge is -2.18. The maximum Gasteiger partial charge on any atom is 0.307 e. The van der Waals surface area contributed by atoms with Gasteiger partial charge in [-0.3, -0.25) is 14.4 Å². The standard InChI is InChI=1S/C25H23NO4/c1-18-12-14-21(15-13-18)26-25(29)24(20-10-6-3-7-11-20)30-23(28)17-16-22(27)19-8-4-2-5-9-19/h2-15,24H,16-17H2,1H3,(H,26,29)/t24-/m0/s1. The normalized spacial score (nSPS) is 11.4. The van der Waals surface area contributed by atoms with E-state index in [9.17, 15) is 14.4 Å². The van der Waals surface area contributed by atoms with E-state index < -0.39 is 18.0 Å². The predicted molar refractivity (Wildman–Crippen MR) is 115 cm³/mol. The molecule has 3 aromatic carbocycles. The zero-order valence-corrected chi connectivity index (χ0v) is 16.7. The van der Waals surface area contributed by atoms with Crippen molar-refractivity contribution in [3.8, 4) is 0 Å². The molecule has 30 heavy (non-hydrogen) atoms. The number of Topliss-reactive ketones (excluding diaryl/α,β-unsaturated/α-hetero) is 1. The van der Waals surface area contributed by atoms with Crippen LogP contribution in [-0.2, 0) is 14.3 Å². The molecule has 3 aromatic rings. The van der Waals surface area contributed by atoms with Gasteiger partial charge in [0.2, 0.25) is 6.10 Å². The SMILES string of the molecule is Cc1ccc(NC(=O)[C@@H](OC(=O)CCC(=O)c2ccccc2)c2ccccc2)cc1. The number of benzene rings is 3. The minimum absolute atomic E-state index is 0.0178. The first-order valence-corrected chi connectivity index (χ1v) is 9.73. The average Bonchev–Trinajstić information content (AvgIpc) is 2.78. The van der Waals surface area contributed by atoms with Crippen molar-refractivity contribution in [1.82, 2.24) is 0 Å². The number of ketones is 1. The number of nitrogens with one attached hydrogen (secondary N) is 1. The van der Waals surface area contributed by atoms with Gasteiger partial charge in [0.05, 0.1) is 6.42 Å². The summed E-state index contributed by atoms with van der Waals surface area (Å²) >= 11 is 0. The van der Waals surface area contributed by atoms with Crippen molar-refractivity contribution >= 4 is 23.3 Å². The first kappa shape index (κ1) is 21.0. The maximum absolute atomic E-state index is 12.8. The smallest absolute Gasteiger partial charge is 0.307 e. The summed E-state index contributed by atoms with van der Waals surface area (Å²) in [5, 5.41) is 2.78. The number of esters is 1. The summed E-state index contributed by atoms with van der Waals surface area (Å²) in [7, 11) is 0. The molecule has 0 radical (unpaired) electrons. The highest BCUT2D eigenvalue weighted by Gasteiger charge is 2.25. The molecule has 5 heteroatoms. The van der Waals surface area contributed by atoms with E-state index in [0.717, 1.165) is 5.56 Å². The number of anilines is 1. The monoisotopic (exact) mass is 401 g/mol. The number of aryl methyl sites for hydroxylation is 1. The molecule has 0 bridgehead atoms. The Bertz CT molecular complexity index is 998. The third-order valence-corrected chi connectivity index (χ3v) is 4.56. The van der Waals surface area contributed by atoms with Crippen molar-refractivity contribution in [2.24, 2.45) is 0 Å². The molecule has 0 fully saturated rings. The van der Waals surface area contributed by atoms with E-state index in [0.29, 0.717) is 16.8 Å². The van der Waals surface area contributed by atoms with Gasteiger partial charge in [-0.05, 0) is 19.1 Å². The van der Waals surface area contributed by atoms with E-state index in [1.165, 1.54) is 0 Å². The zero-order chi connectivity index (χ0) is 21.3. The van der Waals surface area contributed by atoms with Crippen LogP contribution in [0.25, 0.3) is 0 Å². The number of hydrogen-bond acceptors (Lipinski definition) is 4. The second kappa shape index (κ2) is 10.2. The van der Waals surface area contributed by atoms with Gasteiger partial charge < -0.3 is 10.1 Å². The Morgan fingerprint density at radius 1 is 0.800 bits per heavy atom. The zero-order valence-electron chi connectivity index (χ0n) is 16.7. The molecule has 1 N–H and O–H groups in total. The van der Waals surface area contributed by atoms with Crippen LogP contribution in [0.1, 0.15) is 40.4 Å². The van der Waals surface area contributed by atoms with Crippen molar-refractivity contribution in [2.75, 3.05) is 5.32 Å². The van der Waals surface area contributed by atoms with Crippen molar-refractivity contribution < 1.29 is 19.1 Å². The number of rotatable bonds is 8. The number of amides is 1. The predicted octanol–water partition coefficient (Wildman–Crippen LogP) is 4.88. The highest BCUT2D eigenvalue weighted by atomic mass is 16.5. The van der Waals surface area contributed by atoms with Crippen molar-refractivity contribution in [2.45, 2.75) is 25.9 Å². The summed E-state index contributed by atoms with van der Waals surface area (Å²) < 4.78 is 5.48. The van der Waals surface area contributed by atoms with E-state index in [-0.39, 0.29) is 18.6 Å². The van der Waals surface area contributed by atoms with Crippen molar-refractivity contribution in [1.29, 1.82) is 0 Å². The second-order valence-corrected chi connectivity index (χ2v) is 6.93. The molecule has 152 valence electrons. The minimum atomic E-state index is -1.10. The molecular formula is C25H23NO4. The van der Waals surface area contributed by atoms with Crippen LogP contribution in [-0.4, -0.2) is 17.7 Å². The largest absolute Gasteiger partial charge is 0.447 e. The van der Waals surface area contributed by atoms with E-state index in [4.69, 9.17) is 4.74 Å². The Morgan fingerprint density at radius 3 is 2.03 bits per heavy atom. The fourth-order valence-corrected chi connectivity index (χ4v) is 2.92. The van der Waals surface area contributed by atoms with Crippen LogP contribution < -0.4 is 5.32 Å². The highest BCUT2D eigenvalue weighted by Crippen LogP contribution is 2.21. The first-order valence-electron chi connectivity index (χ1n) is 9.73. The van der Waals surface area contributed by atoms with Crippen LogP contribution in [0, 0.1) is 6.92 Å². The molecule has 1 atom stereocenters. The third-order valence-electron chi connectivity index (χ3n) is 4.56. The summed E-state index contributed by atoms with van der Waals surface area (Å²) in [5.41, 5.74) is 2.79. The Kier molecular flexibility index (Phi) is 7.11. The Balaban J connectivity index is 1.66. The van der Waals surface area contributed by atoms with Crippen molar-refractivity contribution in [3.05, 3.63) is 102 Å². The van der Waals surface area contributed by atoms with Crippen LogP contribution in [0.15, 0.2) is 84.9 Å². The molecule has 0 aliphatic carbocycles. The van der Waals surface area contributed by atoms with Crippen LogP contribution in [0.2, 0.25) is 0 Å². The average molecular weight is 401 g/mol. The Morgan fingerprint density at radius 2 is 1.40 bits per heavy atom. The van der Waals surface area contributed by atoms with Gasteiger partial charge in [0.25, 0.3) is 5.91 Å². The van der Waals surface area contributed by atoms with Crippen LogP contribution >= 0.6 is 0 Å². The van der Waals surface area contributed by atoms with Gasteiger partial charge in [-0.25, -0.2) is 0 Å². The van der Waals surface area contributed by atoms with E-state index in [1.807, 2.05) is 31.2 Å². The number of ether oxygens (including phenoxy) is 1.